The van der Waals surface area contributed by atoms with Gasteiger partial charge in [0.1, 0.15) is 0 Å². The van der Waals surface area contributed by atoms with Gasteiger partial charge >= 0.3 is 0 Å². The van der Waals surface area contributed by atoms with Crippen LogP contribution in [0, 0.1) is 10.1 Å². The number of benzene rings is 2. The van der Waals surface area contributed by atoms with Crippen LogP contribution in [0.1, 0.15) is 24.9 Å². The second-order valence-electron chi connectivity index (χ2n) is 4.46. The Kier molecular flexibility index (Phi) is 4.74. The van der Waals surface area contributed by atoms with Gasteiger partial charge in [0.25, 0.3) is 5.69 Å². The van der Waals surface area contributed by atoms with E-state index in [9.17, 15) is 10.1 Å². The maximum Gasteiger partial charge on any atom is 0.269 e. The Morgan fingerprint density at radius 3 is 2.25 bits per heavy atom. The number of anilines is 1. The summed E-state index contributed by atoms with van der Waals surface area (Å²) < 4.78 is 1.05. The van der Waals surface area contributed by atoms with Crippen LogP contribution < -0.4 is 5.32 Å². The van der Waals surface area contributed by atoms with Crippen molar-refractivity contribution in [2.45, 2.75) is 19.4 Å². The van der Waals surface area contributed by atoms with Gasteiger partial charge in [0.2, 0.25) is 0 Å². The summed E-state index contributed by atoms with van der Waals surface area (Å²) in [5.41, 5.74) is 2.17. The van der Waals surface area contributed by atoms with Gasteiger partial charge in [-0.15, -0.1) is 0 Å². The first-order chi connectivity index (χ1) is 9.60. The first-order valence-electron chi connectivity index (χ1n) is 6.36. The van der Waals surface area contributed by atoms with Gasteiger partial charge in [0.15, 0.2) is 0 Å². The lowest BCUT2D eigenvalue weighted by Crippen LogP contribution is -2.09. The molecule has 0 aliphatic carbocycles. The topological polar surface area (TPSA) is 55.2 Å². The highest BCUT2D eigenvalue weighted by molar-refractivity contribution is 9.10. The molecular weight excluding hydrogens is 320 g/mol. The molecule has 5 heteroatoms. The molecule has 2 rings (SSSR count). The van der Waals surface area contributed by atoms with Crippen molar-refractivity contribution >= 4 is 27.3 Å². The molecule has 104 valence electrons. The summed E-state index contributed by atoms with van der Waals surface area (Å²) >= 11 is 3.42. The van der Waals surface area contributed by atoms with Crippen LogP contribution in [0.25, 0.3) is 0 Å². The van der Waals surface area contributed by atoms with Crippen LogP contribution >= 0.6 is 15.9 Å². The molecule has 0 spiro atoms. The average Bonchev–Trinajstić information content (AvgIpc) is 2.46. The summed E-state index contributed by atoms with van der Waals surface area (Å²) in [6, 6.07) is 14.8. The molecule has 0 heterocycles. The van der Waals surface area contributed by atoms with E-state index < -0.39 is 4.92 Å². The van der Waals surface area contributed by atoms with Crippen molar-refractivity contribution in [3.63, 3.8) is 0 Å². The Balaban J connectivity index is 2.13. The molecule has 0 saturated carbocycles. The second-order valence-corrected chi connectivity index (χ2v) is 5.38. The third-order valence-corrected chi connectivity index (χ3v) is 3.63. The lowest BCUT2D eigenvalue weighted by molar-refractivity contribution is -0.384. The van der Waals surface area contributed by atoms with Gasteiger partial charge in [-0.2, -0.15) is 0 Å². The van der Waals surface area contributed by atoms with Crippen LogP contribution in [0.3, 0.4) is 0 Å². The Labute approximate surface area is 126 Å². The minimum atomic E-state index is -0.393. The zero-order valence-electron chi connectivity index (χ0n) is 11.0. The highest BCUT2D eigenvalue weighted by atomic mass is 79.9. The molecule has 2 aromatic rings. The van der Waals surface area contributed by atoms with Crippen molar-refractivity contribution in [3.05, 3.63) is 68.7 Å². The summed E-state index contributed by atoms with van der Waals surface area (Å²) in [5, 5.41) is 14.0. The summed E-state index contributed by atoms with van der Waals surface area (Å²) in [4.78, 5) is 10.2. The van der Waals surface area contributed by atoms with Gasteiger partial charge in [0, 0.05) is 22.3 Å². The van der Waals surface area contributed by atoms with Gasteiger partial charge in [-0.3, -0.25) is 10.1 Å². The van der Waals surface area contributed by atoms with E-state index in [1.807, 2.05) is 12.1 Å². The molecule has 1 unspecified atom stereocenters. The smallest absolute Gasteiger partial charge is 0.269 e. The van der Waals surface area contributed by atoms with Crippen LogP contribution in [0.4, 0.5) is 11.4 Å². The Hall–Kier alpha value is -1.88. The minimum absolute atomic E-state index is 0.104. The number of nitro groups is 1. The van der Waals surface area contributed by atoms with E-state index in [1.165, 1.54) is 17.7 Å². The Morgan fingerprint density at radius 1 is 1.15 bits per heavy atom. The lowest BCUT2D eigenvalue weighted by Gasteiger charge is -2.18. The predicted octanol–water partition coefficient (Wildman–Crippen LogP) is 4.92. The molecule has 0 aliphatic heterocycles. The molecule has 20 heavy (non-hydrogen) atoms. The number of hydrogen-bond acceptors (Lipinski definition) is 3. The zero-order valence-corrected chi connectivity index (χ0v) is 12.6. The predicted molar refractivity (Wildman–Crippen MR) is 83.9 cm³/mol. The Bertz CT molecular complexity index is 582. The van der Waals surface area contributed by atoms with E-state index in [0.29, 0.717) is 0 Å². The van der Waals surface area contributed by atoms with Gasteiger partial charge < -0.3 is 5.32 Å². The lowest BCUT2D eigenvalue weighted by atomic mass is 10.0. The molecule has 0 radical (unpaired) electrons. The van der Waals surface area contributed by atoms with Crippen LogP contribution in [0.15, 0.2) is 53.0 Å². The van der Waals surface area contributed by atoms with Gasteiger partial charge in [-0.05, 0) is 36.2 Å². The zero-order chi connectivity index (χ0) is 14.5. The largest absolute Gasteiger partial charge is 0.378 e. The van der Waals surface area contributed by atoms with E-state index in [0.717, 1.165) is 16.6 Å². The fraction of sp³-hybridized carbons (Fsp3) is 0.200. The minimum Gasteiger partial charge on any atom is -0.378 e. The number of non-ortho nitro benzene ring substituents is 1. The summed E-state index contributed by atoms with van der Waals surface area (Å²) in [6.07, 6.45) is 0.929. The van der Waals surface area contributed by atoms with E-state index in [4.69, 9.17) is 0 Å². The number of nitrogens with one attached hydrogen (secondary N) is 1. The van der Waals surface area contributed by atoms with Crippen molar-refractivity contribution in [2.24, 2.45) is 0 Å². The van der Waals surface area contributed by atoms with Crippen LogP contribution in [-0.2, 0) is 0 Å². The first kappa shape index (κ1) is 14.5. The molecule has 1 atom stereocenters. The highest BCUT2D eigenvalue weighted by Crippen LogP contribution is 2.25. The van der Waals surface area contributed by atoms with Crippen molar-refractivity contribution in [1.29, 1.82) is 0 Å². The monoisotopic (exact) mass is 334 g/mol. The van der Waals surface area contributed by atoms with Gasteiger partial charge in [-0.25, -0.2) is 0 Å². The van der Waals surface area contributed by atoms with Crippen LogP contribution in [-0.4, -0.2) is 4.92 Å². The van der Waals surface area contributed by atoms with E-state index in [-0.39, 0.29) is 11.7 Å². The fourth-order valence-corrected chi connectivity index (χ4v) is 2.26. The third-order valence-electron chi connectivity index (χ3n) is 3.10. The molecule has 2 aromatic carbocycles. The van der Waals surface area contributed by atoms with E-state index in [2.05, 4.69) is 40.3 Å². The highest BCUT2D eigenvalue weighted by Gasteiger charge is 2.10. The summed E-state index contributed by atoms with van der Waals surface area (Å²) in [6.45, 7) is 2.10. The quantitative estimate of drug-likeness (QED) is 0.623. The number of halogens is 1. The number of rotatable bonds is 5. The molecular formula is C15H15BrN2O2. The molecule has 1 N–H and O–H groups in total. The molecule has 0 saturated heterocycles. The fourth-order valence-electron chi connectivity index (χ4n) is 2.00. The molecule has 0 amide bonds. The second kappa shape index (κ2) is 6.52. The maximum atomic E-state index is 10.6. The average molecular weight is 335 g/mol. The number of hydrogen-bond donors (Lipinski definition) is 1. The molecule has 0 aromatic heterocycles. The van der Waals surface area contributed by atoms with Gasteiger partial charge in [0.05, 0.1) is 11.0 Å². The van der Waals surface area contributed by atoms with E-state index >= 15 is 0 Å². The first-order valence-corrected chi connectivity index (χ1v) is 7.16. The summed E-state index contributed by atoms with van der Waals surface area (Å²) in [5.74, 6) is 0. The Morgan fingerprint density at radius 2 is 1.75 bits per heavy atom. The van der Waals surface area contributed by atoms with Crippen molar-refractivity contribution in [2.75, 3.05) is 5.32 Å². The molecule has 0 fully saturated rings. The third kappa shape index (κ3) is 3.57. The number of nitrogens with zero attached hydrogens (tertiary/aromatic N) is 1. The van der Waals surface area contributed by atoms with Crippen LogP contribution in [0.2, 0.25) is 0 Å². The van der Waals surface area contributed by atoms with E-state index in [1.54, 1.807) is 12.1 Å². The SMILES string of the molecule is CCC(Nc1ccc([N+](=O)[O-])cc1)c1ccc(Br)cc1. The van der Waals surface area contributed by atoms with Gasteiger partial charge in [-0.1, -0.05) is 35.0 Å². The summed E-state index contributed by atoms with van der Waals surface area (Å²) in [7, 11) is 0. The molecule has 4 nitrogen and oxygen atoms in total. The molecule has 0 bridgehead atoms. The standard InChI is InChI=1S/C15H15BrN2O2/c1-2-15(11-3-5-12(16)6-4-11)17-13-7-9-14(10-8-13)18(19)20/h3-10,15,17H,2H2,1H3. The van der Waals surface area contributed by atoms with Crippen molar-refractivity contribution in [3.8, 4) is 0 Å². The molecule has 0 aliphatic rings. The number of nitro benzene ring substituents is 1. The normalized spacial score (nSPS) is 11.9. The van der Waals surface area contributed by atoms with Crippen LogP contribution in [0.5, 0.6) is 0 Å². The van der Waals surface area contributed by atoms with Crippen molar-refractivity contribution < 1.29 is 4.92 Å². The van der Waals surface area contributed by atoms with Crippen molar-refractivity contribution in [1.82, 2.24) is 0 Å². The maximum absolute atomic E-state index is 10.6.